The molecule has 0 radical (unpaired) electrons. The van der Waals surface area contributed by atoms with Crippen molar-refractivity contribution in [1.29, 1.82) is 0 Å². The van der Waals surface area contributed by atoms with Crippen LogP contribution in [-0.2, 0) is 41.9 Å². The molecule has 224 valence electrons. The Morgan fingerprint density at radius 1 is 1.10 bits per heavy atom. The van der Waals surface area contributed by atoms with E-state index in [0.29, 0.717) is 0 Å². The van der Waals surface area contributed by atoms with Gasteiger partial charge in [0.15, 0.2) is 23.2 Å². The molecule has 0 unspecified atom stereocenters. The van der Waals surface area contributed by atoms with Gasteiger partial charge < -0.3 is 19.9 Å². The quantitative estimate of drug-likeness (QED) is 0.182. The van der Waals surface area contributed by atoms with Crippen LogP contribution in [-0.4, -0.2) is 63.7 Å². The minimum Gasteiger partial charge on any atom is -0.437 e. The van der Waals surface area contributed by atoms with Gasteiger partial charge in [0.1, 0.15) is 12.8 Å². The number of nitrogen functional groups attached to an aromatic ring is 1. The SMILES string of the molecule is CC(C)(C)C(=O)OCOP(=O)(OCOC(=O)C(C)(C)C)OC[C@@]1(F)O[C@@H](n2cnc3c(N)nc(F)nc32)C[C@@H]1F. The Labute approximate surface area is 227 Å². The summed E-state index contributed by atoms with van der Waals surface area (Å²) < 4.78 is 88.1. The number of carbonyl (C=O) groups excluding carboxylic acids is 2. The smallest absolute Gasteiger partial charge is 0.437 e. The summed E-state index contributed by atoms with van der Waals surface area (Å²) in [5, 5.41) is 0. The number of phosphoric acid groups is 1. The maximum absolute atomic E-state index is 15.6. The van der Waals surface area contributed by atoms with Gasteiger partial charge >= 0.3 is 25.8 Å². The fourth-order valence-electron chi connectivity index (χ4n) is 3.12. The zero-order valence-corrected chi connectivity index (χ0v) is 23.6. The number of imidazole rings is 1. The van der Waals surface area contributed by atoms with Gasteiger partial charge in [-0.3, -0.25) is 18.7 Å². The van der Waals surface area contributed by atoms with Gasteiger partial charge in [-0.05, 0) is 41.5 Å². The van der Waals surface area contributed by atoms with E-state index in [1.807, 2.05) is 0 Å². The van der Waals surface area contributed by atoms with Crippen LogP contribution in [0.5, 0.6) is 0 Å². The van der Waals surface area contributed by atoms with Crippen molar-refractivity contribution in [2.24, 2.45) is 10.8 Å². The molecule has 14 nitrogen and oxygen atoms in total. The van der Waals surface area contributed by atoms with Gasteiger partial charge in [0.05, 0.1) is 17.2 Å². The fraction of sp³-hybridized carbons (Fsp3) is 0.682. The maximum Gasteiger partial charge on any atom is 0.480 e. The average Bonchev–Trinajstić information content (AvgIpc) is 3.37. The van der Waals surface area contributed by atoms with Crippen molar-refractivity contribution in [2.45, 2.75) is 66.2 Å². The Bertz CT molecular complexity index is 1260. The van der Waals surface area contributed by atoms with E-state index >= 15 is 4.39 Å². The molecule has 3 rings (SSSR count). The number of alkyl halides is 2. The number of fused-ring (bicyclic) bond motifs is 1. The molecule has 2 aromatic heterocycles. The maximum atomic E-state index is 15.6. The number of hydrogen-bond donors (Lipinski definition) is 1. The second kappa shape index (κ2) is 11.6. The zero-order chi connectivity index (χ0) is 30.1. The van der Waals surface area contributed by atoms with Gasteiger partial charge in [-0.2, -0.15) is 14.4 Å². The molecule has 0 aliphatic carbocycles. The van der Waals surface area contributed by atoms with Crippen LogP contribution < -0.4 is 5.73 Å². The predicted octanol–water partition coefficient (Wildman–Crippen LogP) is 3.72. The van der Waals surface area contributed by atoms with Crippen LogP contribution in [0.4, 0.5) is 19.0 Å². The topological polar surface area (TPSA) is 176 Å². The number of ether oxygens (including phenoxy) is 3. The highest BCUT2D eigenvalue weighted by molar-refractivity contribution is 7.48. The van der Waals surface area contributed by atoms with Crippen LogP contribution >= 0.6 is 7.82 Å². The molecule has 0 spiro atoms. The van der Waals surface area contributed by atoms with Crippen LogP contribution in [0.2, 0.25) is 0 Å². The third-order valence-electron chi connectivity index (χ3n) is 5.39. The van der Waals surface area contributed by atoms with E-state index < -0.39 is 81.5 Å². The molecule has 1 aliphatic rings. The number of aromatic nitrogens is 4. The summed E-state index contributed by atoms with van der Waals surface area (Å²) >= 11 is 0. The lowest BCUT2D eigenvalue weighted by Gasteiger charge is -2.25. The van der Waals surface area contributed by atoms with Crippen molar-refractivity contribution in [3.8, 4) is 0 Å². The Morgan fingerprint density at radius 3 is 2.17 bits per heavy atom. The van der Waals surface area contributed by atoms with Crippen LogP contribution in [0.25, 0.3) is 11.2 Å². The second-order valence-corrected chi connectivity index (χ2v) is 12.5. The van der Waals surface area contributed by atoms with Crippen LogP contribution in [0.15, 0.2) is 6.33 Å². The van der Waals surface area contributed by atoms with E-state index in [4.69, 9.17) is 33.5 Å². The molecule has 0 bridgehead atoms. The molecule has 1 fully saturated rings. The molecule has 0 aromatic carbocycles. The van der Waals surface area contributed by atoms with Crippen molar-refractivity contribution in [3.05, 3.63) is 12.4 Å². The predicted molar refractivity (Wildman–Crippen MR) is 130 cm³/mol. The lowest BCUT2D eigenvalue weighted by molar-refractivity contribution is -0.196. The zero-order valence-electron chi connectivity index (χ0n) is 22.7. The molecule has 1 aliphatic heterocycles. The third-order valence-corrected chi connectivity index (χ3v) is 6.67. The summed E-state index contributed by atoms with van der Waals surface area (Å²) in [5.41, 5.74) is 3.54. The molecule has 3 heterocycles. The molecule has 18 heteroatoms. The number of halogens is 3. The van der Waals surface area contributed by atoms with Crippen LogP contribution in [0, 0.1) is 16.9 Å². The molecule has 0 amide bonds. The number of phosphoric ester groups is 1. The Hall–Kier alpha value is -2.85. The van der Waals surface area contributed by atoms with Gasteiger partial charge in [-0.15, -0.1) is 0 Å². The number of nitrogens with zero attached hydrogens (tertiary/aromatic N) is 4. The fourth-order valence-corrected chi connectivity index (χ4v) is 4.04. The van der Waals surface area contributed by atoms with Crippen molar-refractivity contribution < 1.29 is 55.1 Å². The largest absolute Gasteiger partial charge is 0.480 e. The normalized spacial score (nSPS) is 22.0. The van der Waals surface area contributed by atoms with Gasteiger partial charge in [0.25, 0.3) is 5.85 Å². The minimum atomic E-state index is -4.84. The van der Waals surface area contributed by atoms with Crippen molar-refractivity contribution in [1.82, 2.24) is 19.5 Å². The first-order chi connectivity index (χ1) is 18.3. The average molecular weight is 597 g/mol. The molecule has 3 atom stereocenters. The molecular formula is C22H31F3N5O9P. The van der Waals surface area contributed by atoms with E-state index in [9.17, 15) is 22.9 Å². The Kier molecular flexibility index (Phi) is 9.16. The summed E-state index contributed by atoms with van der Waals surface area (Å²) in [5.74, 6) is -4.97. The number of nitrogens with two attached hydrogens (primary N) is 1. The molecule has 1 saturated heterocycles. The summed E-state index contributed by atoms with van der Waals surface area (Å²) in [6, 6.07) is 0. The summed E-state index contributed by atoms with van der Waals surface area (Å²) in [7, 11) is -4.84. The van der Waals surface area contributed by atoms with Crippen LogP contribution in [0.3, 0.4) is 0 Å². The highest BCUT2D eigenvalue weighted by Gasteiger charge is 2.53. The van der Waals surface area contributed by atoms with Gasteiger partial charge in [0, 0.05) is 6.42 Å². The number of esters is 2. The van der Waals surface area contributed by atoms with E-state index in [0.717, 1.165) is 10.9 Å². The second-order valence-electron chi connectivity index (χ2n) is 10.8. The number of carbonyl (C=O) groups is 2. The first kappa shape index (κ1) is 31.7. The Balaban J connectivity index is 1.72. The molecule has 0 saturated carbocycles. The Morgan fingerprint density at radius 2 is 1.65 bits per heavy atom. The van der Waals surface area contributed by atoms with E-state index in [1.54, 1.807) is 41.5 Å². The third kappa shape index (κ3) is 7.46. The number of anilines is 1. The molecular weight excluding hydrogens is 566 g/mol. The monoisotopic (exact) mass is 597 g/mol. The molecule has 2 N–H and O–H groups in total. The number of rotatable bonds is 10. The van der Waals surface area contributed by atoms with Crippen molar-refractivity contribution >= 4 is 36.7 Å². The van der Waals surface area contributed by atoms with Crippen molar-refractivity contribution in [3.63, 3.8) is 0 Å². The van der Waals surface area contributed by atoms with E-state index in [-0.39, 0.29) is 17.0 Å². The highest BCUT2D eigenvalue weighted by atomic mass is 31.2. The lowest BCUT2D eigenvalue weighted by atomic mass is 9.98. The first-order valence-corrected chi connectivity index (χ1v) is 13.4. The van der Waals surface area contributed by atoms with E-state index in [1.165, 1.54) is 0 Å². The first-order valence-electron chi connectivity index (χ1n) is 11.9. The summed E-state index contributed by atoms with van der Waals surface area (Å²) in [4.78, 5) is 34.8. The van der Waals surface area contributed by atoms with Crippen LogP contribution in [0.1, 0.15) is 54.2 Å². The molecule has 40 heavy (non-hydrogen) atoms. The van der Waals surface area contributed by atoms with Gasteiger partial charge in [-0.1, -0.05) is 0 Å². The number of hydrogen-bond acceptors (Lipinski definition) is 13. The lowest BCUT2D eigenvalue weighted by Crippen LogP contribution is -2.37. The summed E-state index contributed by atoms with van der Waals surface area (Å²) in [6.45, 7) is 6.07. The standard InChI is InChI=1S/C22H31F3N5O9P/c1-20(2,3)17(31)34-10-37-40(33,38-11-35-18(32)21(4,5)6)36-8-22(25)12(23)7-13(39-22)30-9-27-14-15(26)28-19(24)29-16(14)30/h9,12-13H,7-8,10-11H2,1-6H3,(H2,26,28,29)/t12-,13+,22+/m0/s1. The van der Waals surface area contributed by atoms with E-state index in [2.05, 4.69) is 15.0 Å². The van der Waals surface area contributed by atoms with Gasteiger partial charge in [-0.25, -0.2) is 27.4 Å². The summed E-state index contributed by atoms with van der Waals surface area (Å²) in [6.07, 6.45) is -4.43. The highest BCUT2D eigenvalue weighted by Crippen LogP contribution is 2.52. The van der Waals surface area contributed by atoms with Gasteiger partial charge in [0.2, 0.25) is 13.6 Å². The van der Waals surface area contributed by atoms with Crippen molar-refractivity contribution in [2.75, 3.05) is 25.9 Å². The minimum absolute atomic E-state index is 0.0195. The molecule has 2 aromatic rings.